The molecule has 0 saturated carbocycles. The number of nitrogens with one attached hydrogen (secondary N) is 3. The van der Waals surface area contributed by atoms with Crippen molar-refractivity contribution in [2.24, 2.45) is 4.99 Å². The van der Waals surface area contributed by atoms with Gasteiger partial charge in [-0.15, -0.1) is 24.0 Å². The Bertz CT molecular complexity index is 742. The lowest BCUT2D eigenvalue weighted by molar-refractivity contribution is -0.116. The molecule has 1 aliphatic rings. The highest BCUT2D eigenvalue weighted by Gasteiger charge is 2.34. The first-order chi connectivity index (χ1) is 13.7. The van der Waals surface area contributed by atoms with Crippen molar-refractivity contribution in [1.29, 1.82) is 0 Å². The van der Waals surface area contributed by atoms with Crippen molar-refractivity contribution in [3.63, 3.8) is 0 Å². The van der Waals surface area contributed by atoms with Gasteiger partial charge in [-0.25, -0.2) is 4.79 Å². The molecule has 1 aromatic carbocycles. The lowest BCUT2D eigenvalue weighted by Crippen LogP contribution is -2.63. The van der Waals surface area contributed by atoms with Crippen LogP contribution in [0.3, 0.4) is 0 Å². The van der Waals surface area contributed by atoms with Crippen LogP contribution in [0.5, 0.6) is 0 Å². The van der Waals surface area contributed by atoms with Crippen molar-refractivity contribution in [3.8, 4) is 0 Å². The molecule has 2 rings (SSSR count). The van der Waals surface area contributed by atoms with E-state index >= 15 is 0 Å². The van der Waals surface area contributed by atoms with E-state index in [0.717, 1.165) is 17.7 Å². The van der Waals surface area contributed by atoms with Crippen LogP contribution in [0.25, 0.3) is 0 Å². The molecule has 1 fully saturated rings. The van der Waals surface area contributed by atoms with E-state index in [9.17, 15) is 9.59 Å². The van der Waals surface area contributed by atoms with Crippen LogP contribution in [0.4, 0.5) is 10.5 Å². The number of hydrogen-bond acceptors (Lipinski definition) is 4. The highest BCUT2D eigenvalue weighted by Crippen LogP contribution is 2.15. The minimum Gasteiger partial charge on any atom is -0.444 e. The van der Waals surface area contributed by atoms with Crippen LogP contribution in [0, 0.1) is 0 Å². The number of anilines is 1. The van der Waals surface area contributed by atoms with Crippen LogP contribution in [0.15, 0.2) is 29.3 Å². The zero-order valence-electron chi connectivity index (χ0n) is 18.4. The van der Waals surface area contributed by atoms with Crippen LogP contribution >= 0.6 is 24.0 Å². The molecule has 168 valence electrons. The predicted octanol–water partition coefficient (Wildman–Crippen LogP) is 3.33. The van der Waals surface area contributed by atoms with Gasteiger partial charge in [-0.3, -0.25) is 9.79 Å². The Labute approximate surface area is 196 Å². The summed E-state index contributed by atoms with van der Waals surface area (Å²) in [6.45, 7) is 9.28. The third-order valence-corrected chi connectivity index (χ3v) is 4.25. The summed E-state index contributed by atoms with van der Waals surface area (Å²) in [6, 6.07) is 7.86. The monoisotopic (exact) mass is 531 g/mol. The number of guanidine groups is 1. The van der Waals surface area contributed by atoms with Crippen LogP contribution in [-0.2, 0) is 16.1 Å². The zero-order chi connectivity index (χ0) is 21.4. The molecule has 0 spiro atoms. The van der Waals surface area contributed by atoms with Gasteiger partial charge in [0, 0.05) is 38.8 Å². The number of benzene rings is 1. The largest absolute Gasteiger partial charge is 0.444 e. The highest BCUT2D eigenvalue weighted by atomic mass is 127. The van der Waals surface area contributed by atoms with Crippen LogP contribution < -0.4 is 16.0 Å². The first-order valence-electron chi connectivity index (χ1n) is 10.0. The summed E-state index contributed by atoms with van der Waals surface area (Å²) in [5, 5.41) is 9.47. The van der Waals surface area contributed by atoms with Gasteiger partial charge in [0.25, 0.3) is 0 Å². The summed E-state index contributed by atoms with van der Waals surface area (Å²) in [5.41, 5.74) is 1.33. The Kier molecular flexibility index (Phi) is 10.4. The number of ether oxygens (including phenoxy) is 1. The second-order valence-electron chi connectivity index (χ2n) is 8.15. The summed E-state index contributed by atoms with van der Waals surface area (Å²) >= 11 is 0. The molecule has 3 N–H and O–H groups in total. The molecule has 30 heavy (non-hydrogen) atoms. The molecular formula is C21H34IN5O3. The fourth-order valence-electron chi connectivity index (χ4n) is 2.83. The van der Waals surface area contributed by atoms with E-state index in [-0.39, 0.29) is 42.0 Å². The summed E-state index contributed by atoms with van der Waals surface area (Å²) in [6.07, 6.45) is 1.04. The van der Waals surface area contributed by atoms with Gasteiger partial charge in [0.05, 0.1) is 6.04 Å². The summed E-state index contributed by atoms with van der Waals surface area (Å²) in [4.78, 5) is 29.7. The Balaban J connectivity index is 0.00000450. The molecule has 0 aromatic heterocycles. The predicted molar refractivity (Wildman–Crippen MR) is 130 cm³/mol. The van der Waals surface area contributed by atoms with Crippen molar-refractivity contribution in [1.82, 2.24) is 15.5 Å². The van der Waals surface area contributed by atoms with Gasteiger partial charge in [-0.1, -0.05) is 19.1 Å². The van der Waals surface area contributed by atoms with Gasteiger partial charge in [0.2, 0.25) is 5.91 Å². The molecular weight excluding hydrogens is 497 g/mol. The molecule has 0 unspecified atom stereocenters. The Morgan fingerprint density at radius 3 is 2.57 bits per heavy atom. The van der Waals surface area contributed by atoms with Gasteiger partial charge in [-0.2, -0.15) is 0 Å². The smallest absolute Gasteiger partial charge is 0.410 e. The van der Waals surface area contributed by atoms with Gasteiger partial charge >= 0.3 is 6.09 Å². The number of carbonyl (C=O) groups excluding carboxylic acids is 2. The number of carbonyl (C=O) groups is 2. The van der Waals surface area contributed by atoms with Gasteiger partial charge in [-0.05, 0) is 44.9 Å². The maximum atomic E-state index is 12.0. The second kappa shape index (κ2) is 12.0. The van der Waals surface area contributed by atoms with E-state index in [1.54, 1.807) is 11.9 Å². The van der Waals surface area contributed by atoms with Crippen molar-refractivity contribution >= 4 is 47.6 Å². The number of nitrogens with zero attached hydrogens (tertiary/aromatic N) is 2. The lowest BCUT2D eigenvalue weighted by atomic mass is 10.1. The topological polar surface area (TPSA) is 95.1 Å². The van der Waals surface area contributed by atoms with Crippen LogP contribution in [-0.4, -0.2) is 54.6 Å². The summed E-state index contributed by atoms with van der Waals surface area (Å²) < 4.78 is 5.36. The normalized spacial score (nSPS) is 14.3. The first kappa shape index (κ1) is 26.0. The SMILES string of the molecule is CCCC(=O)Nc1cccc(CNC(=NC)NC2CN(C(=O)OC(C)(C)C)C2)c1.I. The van der Waals surface area contributed by atoms with E-state index < -0.39 is 5.60 Å². The highest BCUT2D eigenvalue weighted by molar-refractivity contribution is 14.0. The lowest BCUT2D eigenvalue weighted by Gasteiger charge is -2.40. The number of rotatable bonds is 6. The van der Waals surface area contributed by atoms with Crippen molar-refractivity contribution < 1.29 is 14.3 Å². The molecule has 1 saturated heterocycles. The molecule has 0 bridgehead atoms. The molecule has 2 amide bonds. The molecule has 1 heterocycles. The number of likely N-dealkylation sites (tertiary alicyclic amines) is 1. The van der Waals surface area contributed by atoms with E-state index in [2.05, 4.69) is 20.9 Å². The maximum absolute atomic E-state index is 12.0. The Morgan fingerprint density at radius 2 is 1.97 bits per heavy atom. The van der Waals surface area contributed by atoms with E-state index in [1.165, 1.54) is 0 Å². The van der Waals surface area contributed by atoms with Gasteiger partial charge in [0.15, 0.2) is 5.96 Å². The second-order valence-corrected chi connectivity index (χ2v) is 8.15. The molecule has 0 aliphatic carbocycles. The zero-order valence-corrected chi connectivity index (χ0v) is 20.8. The molecule has 0 radical (unpaired) electrons. The Hall–Kier alpha value is -2.04. The van der Waals surface area contributed by atoms with E-state index in [0.29, 0.717) is 32.0 Å². The third kappa shape index (κ3) is 8.76. The number of aliphatic imine (C=N–C) groups is 1. The minimum atomic E-state index is -0.488. The molecule has 8 nitrogen and oxygen atoms in total. The maximum Gasteiger partial charge on any atom is 0.410 e. The van der Waals surface area contributed by atoms with Gasteiger partial charge in [0.1, 0.15) is 5.60 Å². The number of hydrogen-bond donors (Lipinski definition) is 3. The summed E-state index contributed by atoms with van der Waals surface area (Å²) in [7, 11) is 1.71. The fourth-order valence-corrected chi connectivity index (χ4v) is 2.83. The number of amides is 2. The molecule has 9 heteroatoms. The van der Waals surface area contributed by atoms with Gasteiger partial charge < -0.3 is 25.6 Å². The fraction of sp³-hybridized carbons (Fsp3) is 0.571. The quantitative estimate of drug-likeness (QED) is 0.298. The third-order valence-electron chi connectivity index (χ3n) is 4.25. The average molecular weight is 531 g/mol. The van der Waals surface area contributed by atoms with Crippen molar-refractivity contribution in [3.05, 3.63) is 29.8 Å². The van der Waals surface area contributed by atoms with Crippen LogP contribution in [0.1, 0.15) is 46.1 Å². The van der Waals surface area contributed by atoms with E-state index in [1.807, 2.05) is 52.0 Å². The molecule has 0 atom stereocenters. The van der Waals surface area contributed by atoms with E-state index in [4.69, 9.17) is 4.74 Å². The first-order valence-corrected chi connectivity index (χ1v) is 10.0. The minimum absolute atomic E-state index is 0. The van der Waals surface area contributed by atoms with Crippen molar-refractivity contribution in [2.75, 3.05) is 25.5 Å². The van der Waals surface area contributed by atoms with Crippen molar-refractivity contribution in [2.45, 2.75) is 58.7 Å². The summed E-state index contributed by atoms with van der Waals surface area (Å²) in [5.74, 6) is 0.689. The Morgan fingerprint density at radius 1 is 1.27 bits per heavy atom. The molecule has 1 aliphatic heterocycles. The number of halogens is 1. The molecule has 1 aromatic rings. The average Bonchev–Trinajstić information content (AvgIpc) is 2.59. The standard InChI is InChI=1S/C21H33N5O3.HI/c1-6-8-18(27)24-16-10-7-9-15(11-16)12-23-19(22-5)25-17-13-26(14-17)20(28)29-21(2,3)4;/h7,9-11,17H,6,8,12-14H2,1-5H3,(H,24,27)(H2,22,23,25);1H. The van der Waals surface area contributed by atoms with Crippen LogP contribution in [0.2, 0.25) is 0 Å².